The first kappa shape index (κ1) is 18.4. The molecular weight excluding hydrogens is 348 g/mol. The molecule has 0 bridgehead atoms. The van der Waals surface area contributed by atoms with Gasteiger partial charge in [0.05, 0.1) is 15.6 Å². The van der Waals surface area contributed by atoms with Crippen LogP contribution in [0.4, 0.5) is 10.5 Å². The molecule has 0 heterocycles. The normalized spacial score (nSPS) is 11.0. The van der Waals surface area contributed by atoms with Crippen LogP contribution in [0.15, 0.2) is 53.4 Å². The number of nitrogens with zero attached hydrogens (tertiary/aromatic N) is 1. The monoisotopic (exact) mass is 364 g/mol. The van der Waals surface area contributed by atoms with Crippen LogP contribution in [0.3, 0.4) is 0 Å². The van der Waals surface area contributed by atoms with E-state index in [1.165, 1.54) is 30.3 Å². The van der Waals surface area contributed by atoms with Crippen molar-refractivity contribution in [2.24, 2.45) is 0 Å². The smallest absolute Gasteiger partial charge is 0.404 e. The summed E-state index contributed by atoms with van der Waals surface area (Å²) < 4.78 is 25.0. The molecule has 2 rings (SSSR count). The van der Waals surface area contributed by atoms with E-state index < -0.39 is 26.6 Å². The van der Waals surface area contributed by atoms with Gasteiger partial charge >= 0.3 is 6.09 Å². The number of hydrogen-bond acceptors (Lipinski definition) is 5. The third kappa shape index (κ3) is 5.01. The van der Waals surface area contributed by atoms with Crippen LogP contribution in [0.2, 0.25) is 0 Å². The zero-order valence-corrected chi connectivity index (χ0v) is 13.9. The van der Waals surface area contributed by atoms with Gasteiger partial charge in [0.15, 0.2) is 9.84 Å². The SMILES string of the molecule is O=C(O)NCCc1ccc([N+](=O)[O-])c(CS(=O)(=O)c2ccccc2)c1. The zero-order chi connectivity index (χ0) is 18.4. The second-order valence-electron chi connectivity index (χ2n) is 5.27. The van der Waals surface area contributed by atoms with E-state index in [-0.39, 0.29) is 22.7 Å². The molecule has 0 atom stereocenters. The van der Waals surface area contributed by atoms with Crippen LogP contribution in [0.1, 0.15) is 11.1 Å². The Kier molecular flexibility index (Phi) is 5.71. The average molecular weight is 364 g/mol. The average Bonchev–Trinajstić information content (AvgIpc) is 2.55. The maximum atomic E-state index is 12.5. The molecule has 0 aliphatic carbocycles. The molecule has 8 nitrogen and oxygen atoms in total. The predicted molar refractivity (Wildman–Crippen MR) is 90.2 cm³/mol. The molecular formula is C16H16N2O6S. The summed E-state index contributed by atoms with van der Waals surface area (Å²) in [4.78, 5) is 21.1. The highest BCUT2D eigenvalue weighted by atomic mass is 32.2. The molecule has 0 unspecified atom stereocenters. The number of carbonyl (C=O) groups is 1. The second-order valence-corrected chi connectivity index (χ2v) is 7.26. The Bertz CT molecular complexity index is 881. The van der Waals surface area contributed by atoms with Crippen molar-refractivity contribution in [1.82, 2.24) is 5.32 Å². The highest BCUT2D eigenvalue weighted by Gasteiger charge is 2.22. The van der Waals surface area contributed by atoms with Gasteiger partial charge in [0.25, 0.3) is 5.69 Å². The number of rotatable bonds is 7. The Balaban J connectivity index is 2.30. The fraction of sp³-hybridized carbons (Fsp3) is 0.188. The number of hydrogen-bond donors (Lipinski definition) is 2. The number of nitro groups is 1. The number of benzene rings is 2. The molecule has 0 saturated heterocycles. The molecule has 0 aliphatic heterocycles. The van der Waals surface area contributed by atoms with Crippen molar-refractivity contribution < 1.29 is 23.2 Å². The van der Waals surface area contributed by atoms with Crippen LogP contribution in [-0.4, -0.2) is 31.1 Å². The molecule has 2 N–H and O–H groups in total. The van der Waals surface area contributed by atoms with Crippen molar-refractivity contribution >= 4 is 21.6 Å². The van der Waals surface area contributed by atoms with E-state index >= 15 is 0 Å². The lowest BCUT2D eigenvalue weighted by Crippen LogP contribution is -2.23. The van der Waals surface area contributed by atoms with Gasteiger partial charge in [-0.2, -0.15) is 0 Å². The largest absolute Gasteiger partial charge is 0.465 e. The number of amides is 1. The van der Waals surface area contributed by atoms with Crippen LogP contribution in [0.5, 0.6) is 0 Å². The van der Waals surface area contributed by atoms with E-state index in [9.17, 15) is 23.3 Å². The summed E-state index contributed by atoms with van der Waals surface area (Å²) in [6.07, 6.45) is -0.878. The molecule has 2 aromatic rings. The van der Waals surface area contributed by atoms with Crippen molar-refractivity contribution in [3.05, 3.63) is 69.8 Å². The first-order valence-electron chi connectivity index (χ1n) is 7.30. The topological polar surface area (TPSA) is 127 Å². The van der Waals surface area contributed by atoms with Crippen molar-refractivity contribution in [2.75, 3.05) is 6.54 Å². The van der Waals surface area contributed by atoms with Crippen molar-refractivity contribution in [2.45, 2.75) is 17.1 Å². The van der Waals surface area contributed by atoms with Crippen molar-refractivity contribution in [3.8, 4) is 0 Å². The van der Waals surface area contributed by atoms with Crippen LogP contribution >= 0.6 is 0 Å². The van der Waals surface area contributed by atoms with E-state index in [1.54, 1.807) is 18.2 Å². The minimum absolute atomic E-state index is 0.0710. The summed E-state index contributed by atoms with van der Waals surface area (Å²) in [5.74, 6) is -0.506. The number of nitrogens with one attached hydrogen (secondary N) is 1. The van der Waals surface area contributed by atoms with Gasteiger partial charge in [0, 0.05) is 18.2 Å². The molecule has 132 valence electrons. The van der Waals surface area contributed by atoms with Gasteiger partial charge in [-0.15, -0.1) is 0 Å². The Morgan fingerprint density at radius 2 is 1.84 bits per heavy atom. The molecule has 0 radical (unpaired) electrons. The number of carboxylic acid groups (broad SMARTS) is 1. The quantitative estimate of drug-likeness (QED) is 0.574. The molecule has 25 heavy (non-hydrogen) atoms. The maximum absolute atomic E-state index is 12.5. The van der Waals surface area contributed by atoms with E-state index in [0.717, 1.165) is 0 Å². The highest BCUT2D eigenvalue weighted by Crippen LogP contribution is 2.25. The van der Waals surface area contributed by atoms with Crippen molar-refractivity contribution in [3.63, 3.8) is 0 Å². The zero-order valence-electron chi connectivity index (χ0n) is 13.1. The van der Waals surface area contributed by atoms with E-state index in [1.807, 2.05) is 0 Å². The molecule has 0 fully saturated rings. The lowest BCUT2D eigenvalue weighted by molar-refractivity contribution is -0.385. The Morgan fingerprint density at radius 3 is 2.44 bits per heavy atom. The van der Waals surface area contributed by atoms with Crippen LogP contribution in [0.25, 0.3) is 0 Å². The van der Waals surface area contributed by atoms with Crippen LogP contribution in [-0.2, 0) is 22.0 Å². The summed E-state index contributed by atoms with van der Waals surface area (Å²) in [6.45, 7) is 0.123. The lowest BCUT2D eigenvalue weighted by Gasteiger charge is -2.08. The Morgan fingerprint density at radius 1 is 1.16 bits per heavy atom. The van der Waals surface area contributed by atoms with E-state index in [4.69, 9.17) is 5.11 Å². The number of nitro benzene ring substituents is 1. The highest BCUT2D eigenvalue weighted by molar-refractivity contribution is 7.90. The predicted octanol–water partition coefficient (Wildman–Crippen LogP) is 2.38. The second kappa shape index (κ2) is 7.75. The van der Waals surface area contributed by atoms with E-state index in [0.29, 0.717) is 12.0 Å². The molecule has 0 aromatic heterocycles. The summed E-state index contributed by atoms with van der Waals surface area (Å²) >= 11 is 0. The van der Waals surface area contributed by atoms with Gasteiger partial charge in [0.1, 0.15) is 0 Å². The molecule has 0 spiro atoms. The van der Waals surface area contributed by atoms with Gasteiger partial charge in [-0.05, 0) is 30.2 Å². The summed E-state index contributed by atoms with van der Waals surface area (Å²) in [5.41, 5.74) is 0.397. The molecule has 2 aromatic carbocycles. The Labute approximate surface area is 144 Å². The molecule has 0 aliphatic rings. The summed E-state index contributed by atoms with van der Waals surface area (Å²) in [6, 6.07) is 11.9. The standard InChI is InChI=1S/C16H16N2O6S/c19-16(20)17-9-8-12-6-7-15(18(21)22)13(10-12)11-25(23,24)14-4-2-1-3-5-14/h1-7,10,17H,8-9,11H2,(H,19,20). The third-order valence-electron chi connectivity index (χ3n) is 3.48. The lowest BCUT2D eigenvalue weighted by atomic mass is 10.1. The first-order chi connectivity index (χ1) is 11.8. The minimum Gasteiger partial charge on any atom is -0.465 e. The van der Waals surface area contributed by atoms with Gasteiger partial charge in [-0.25, -0.2) is 13.2 Å². The van der Waals surface area contributed by atoms with Gasteiger partial charge in [-0.3, -0.25) is 10.1 Å². The van der Waals surface area contributed by atoms with Gasteiger partial charge in [-0.1, -0.05) is 24.3 Å². The fourth-order valence-corrected chi connectivity index (χ4v) is 3.70. The maximum Gasteiger partial charge on any atom is 0.404 e. The van der Waals surface area contributed by atoms with Crippen molar-refractivity contribution in [1.29, 1.82) is 0 Å². The third-order valence-corrected chi connectivity index (χ3v) is 5.16. The summed E-state index contributed by atoms with van der Waals surface area (Å²) in [7, 11) is -3.73. The van der Waals surface area contributed by atoms with E-state index in [2.05, 4.69) is 5.32 Å². The molecule has 1 amide bonds. The first-order valence-corrected chi connectivity index (χ1v) is 8.95. The minimum atomic E-state index is -3.73. The van der Waals surface area contributed by atoms with Crippen LogP contribution in [0, 0.1) is 10.1 Å². The van der Waals surface area contributed by atoms with Crippen LogP contribution < -0.4 is 5.32 Å². The van der Waals surface area contributed by atoms with Gasteiger partial charge < -0.3 is 10.4 Å². The number of sulfone groups is 1. The molecule has 9 heteroatoms. The summed E-state index contributed by atoms with van der Waals surface area (Å²) in [5, 5.41) is 21.9. The molecule has 0 saturated carbocycles. The fourth-order valence-electron chi connectivity index (χ4n) is 2.32. The Hall–Kier alpha value is -2.94. The van der Waals surface area contributed by atoms with Gasteiger partial charge in [0.2, 0.25) is 0 Å².